The van der Waals surface area contributed by atoms with Crippen molar-refractivity contribution in [1.82, 2.24) is 16.0 Å². The lowest BCUT2D eigenvalue weighted by Crippen LogP contribution is -2.55. The number of nitrogens with two attached hydrogens (primary N) is 4. The number of amides is 4. The molecule has 3 atom stereocenters. The third kappa shape index (κ3) is 13.7. The second kappa shape index (κ2) is 19.3. The van der Waals surface area contributed by atoms with Crippen molar-refractivity contribution in [2.45, 2.75) is 63.5 Å². The number of hydrogen-bond acceptors (Lipinski definition) is 9. The predicted octanol–water partition coefficient (Wildman–Crippen LogP) is 1.14. The number of ether oxygens (including phenoxy) is 1. The first-order valence-corrected chi connectivity index (χ1v) is 16.2. The van der Waals surface area contributed by atoms with E-state index in [9.17, 15) is 37.1 Å². The zero-order valence-corrected chi connectivity index (χ0v) is 28.6. The van der Waals surface area contributed by atoms with E-state index in [0.29, 0.717) is 6.07 Å². The van der Waals surface area contributed by atoms with Crippen LogP contribution >= 0.6 is 0 Å². The van der Waals surface area contributed by atoms with Crippen molar-refractivity contribution in [2.75, 3.05) is 18.4 Å². The summed E-state index contributed by atoms with van der Waals surface area (Å²) in [5, 5.41) is 9.60. The Morgan fingerprint density at radius 2 is 1.40 bits per heavy atom. The third-order valence-corrected chi connectivity index (χ3v) is 7.41. The molecule has 0 radical (unpaired) electrons. The summed E-state index contributed by atoms with van der Waals surface area (Å²) in [5.74, 6) is -2.77. The molecule has 0 aliphatic rings. The highest BCUT2D eigenvalue weighted by Gasteiger charge is 2.34. The smallest absolute Gasteiger partial charge is 0.417 e. The number of carbonyl (C=O) groups is 4. The average Bonchev–Trinajstić information content (AvgIpc) is 3.09. The maximum atomic E-state index is 13.6. The van der Waals surface area contributed by atoms with E-state index >= 15 is 0 Å². The van der Waals surface area contributed by atoms with Crippen LogP contribution in [0.15, 0.2) is 73.8 Å². The Hall–Kier alpha value is -6.34. The predicted molar refractivity (Wildman–Crippen MR) is 189 cm³/mol. The number of fused-ring (bicyclic) bond motifs is 1. The molecule has 0 aliphatic heterocycles. The van der Waals surface area contributed by atoms with Crippen LogP contribution in [0.2, 0.25) is 0 Å². The number of anilines is 1. The van der Waals surface area contributed by atoms with Gasteiger partial charge in [0.15, 0.2) is 11.9 Å². The summed E-state index contributed by atoms with van der Waals surface area (Å²) in [7, 11) is 0. The van der Waals surface area contributed by atoms with Crippen LogP contribution in [0.4, 0.5) is 23.7 Å². The van der Waals surface area contributed by atoms with Crippen molar-refractivity contribution in [3.8, 4) is 0 Å². The first-order chi connectivity index (χ1) is 25.0. The number of rotatable bonds is 17. The molecule has 3 rings (SSSR count). The molecular formula is C33H41F3N10O7. The van der Waals surface area contributed by atoms with Gasteiger partial charge in [0.1, 0.15) is 30.3 Å². The fraction of sp³-hybridized carbons (Fsp3) is 0.364. The van der Waals surface area contributed by atoms with Crippen molar-refractivity contribution in [1.29, 1.82) is 0 Å². The van der Waals surface area contributed by atoms with Gasteiger partial charge in [-0.05, 0) is 50.3 Å². The van der Waals surface area contributed by atoms with Crippen molar-refractivity contribution in [3.05, 3.63) is 76.1 Å². The maximum Gasteiger partial charge on any atom is 0.417 e. The molecule has 0 bridgehead atoms. The number of nitrogens with one attached hydrogen (secondary N) is 4. The number of aliphatic imine (C=N–C) groups is 2. The topological polar surface area (TPSA) is 285 Å². The van der Waals surface area contributed by atoms with E-state index in [2.05, 4.69) is 31.3 Å². The van der Waals surface area contributed by atoms with Gasteiger partial charge >= 0.3 is 17.9 Å². The van der Waals surface area contributed by atoms with E-state index in [1.807, 2.05) is 0 Å². The van der Waals surface area contributed by atoms with E-state index in [1.165, 1.54) is 13.0 Å². The minimum absolute atomic E-state index is 0.00683. The van der Waals surface area contributed by atoms with E-state index in [1.54, 1.807) is 30.3 Å². The molecular weight excluding hydrogens is 705 g/mol. The molecule has 0 spiro atoms. The Kier molecular flexibility index (Phi) is 15.0. The lowest BCUT2D eigenvalue weighted by atomic mass is 10.1. The summed E-state index contributed by atoms with van der Waals surface area (Å²) >= 11 is 0. The fourth-order valence-electron chi connectivity index (χ4n) is 4.83. The summed E-state index contributed by atoms with van der Waals surface area (Å²) in [6.07, 6.45) is -5.38. The van der Waals surface area contributed by atoms with Crippen molar-refractivity contribution < 1.29 is 41.5 Å². The molecule has 0 fully saturated rings. The van der Waals surface area contributed by atoms with Crippen LogP contribution in [-0.2, 0) is 31.9 Å². The van der Waals surface area contributed by atoms with Gasteiger partial charge in [-0.2, -0.15) is 13.2 Å². The van der Waals surface area contributed by atoms with Crippen LogP contribution in [0, 0.1) is 0 Å². The number of benzene rings is 2. The molecule has 0 saturated carbocycles. The molecule has 1 aromatic heterocycles. The van der Waals surface area contributed by atoms with Gasteiger partial charge in [0.25, 0.3) is 0 Å². The molecule has 4 amide bonds. The first-order valence-electron chi connectivity index (χ1n) is 16.2. The Labute approximate surface area is 300 Å². The molecule has 0 saturated heterocycles. The Morgan fingerprint density at radius 1 is 0.811 bits per heavy atom. The van der Waals surface area contributed by atoms with Crippen LogP contribution in [-0.4, -0.2) is 66.9 Å². The number of hydrogen-bond donors (Lipinski definition) is 8. The normalized spacial score (nSPS) is 12.8. The molecule has 1 heterocycles. The van der Waals surface area contributed by atoms with E-state index in [-0.39, 0.29) is 63.0 Å². The number of nitrogens with zero attached hydrogens (tertiary/aromatic N) is 2. The second-order valence-electron chi connectivity index (χ2n) is 11.6. The highest BCUT2D eigenvalue weighted by molar-refractivity contribution is 6.00. The summed E-state index contributed by atoms with van der Waals surface area (Å²) in [4.78, 5) is 72.2. The van der Waals surface area contributed by atoms with Crippen molar-refractivity contribution >= 4 is 52.4 Å². The van der Waals surface area contributed by atoms with Crippen LogP contribution < -0.4 is 49.8 Å². The Morgan fingerprint density at radius 3 is 1.98 bits per heavy atom. The first kappa shape index (κ1) is 41.1. The Bertz CT molecular complexity index is 1860. The highest BCUT2D eigenvalue weighted by Crippen LogP contribution is 2.34. The molecule has 0 aliphatic carbocycles. The highest BCUT2D eigenvalue weighted by atomic mass is 19.4. The van der Waals surface area contributed by atoms with Crippen LogP contribution in [0.1, 0.15) is 43.7 Å². The maximum absolute atomic E-state index is 13.6. The molecule has 53 heavy (non-hydrogen) atoms. The van der Waals surface area contributed by atoms with Gasteiger partial charge in [0, 0.05) is 36.3 Å². The van der Waals surface area contributed by atoms with Gasteiger partial charge in [-0.3, -0.25) is 24.4 Å². The summed E-state index contributed by atoms with van der Waals surface area (Å²) < 4.78 is 50.6. The standard InChI is InChI=1S/C33H41F3N10O7/c1-18(43-32(51)52-17-19-7-3-2-4-8-19)27(48)45-24(10-6-14-42-31(39)40)29(50)46-23(9-5-13-41-30(37)38)28(49)44-20-11-12-21-22(33(34,35)36)16-26(47)53-25(21)15-20/h2-4,7-8,11-12,15-16,18,23-24H,5-6,9-10,13-14,17H2,1H3,(H,43,51)(H,44,49)(H,45,48)(H,46,50)(H4,37,38,41)(H4,39,40,42). The minimum atomic E-state index is -4.85. The lowest BCUT2D eigenvalue weighted by molar-refractivity contribution is -0.136. The van der Waals surface area contributed by atoms with Gasteiger partial charge in [-0.25, -0.2) is 9.59 Å². The molecule has 3 unspecified atom stereocenters. The van der Waals surface area contributed by atoms with Crippen molar-refractivity contribution in [2.24, 2.45) is 32.9 Å². The van der Waals surface area contributed by atoms with E-state index < -0.39 is 70.3 Å². The number of alkyl carbamates (subject to hydrolysis) is 1. The Balaban J connectivity index is 1.78. The summed E-state index contributed by atoms with van der Waals surface area (Å²) in [6, 6.07) is 8.67. The third-order valence-electron chi connectivity index (χ3n) is 7.41. The second-order valence-corrected chi connectivity index (χ2v) is 11.6. The molecule has 20 heteroatoms. The number of halogens is 3. The van der Waals surface area contributed by atoms with Gasteiger partial charge in [-0.1, -0.05) is 30.3 Å². The molecule has 12 N–H and O–H groups in total. The fourth-order valence-corrected chi connectivity index (χ4v) is 4.83. The van der Waals surface area contributed by atoms with Crippen LogP contribution in [0.5, 0.6) is 0 Å². The number of alkyl halides is 3. The van der Waals surface area contributed by atoms with E-state index in [0.717, 1.165) is 17.7 Å². The quantitative estimate of drug-likeness (QED) is 0.0420. The average molecular weight is 747 g/mol. The number of carbonyl (C=O) groups excluding carboxylic acids is 4. The van der Waals surface area contributed by atoms with Gasteiger partial charge < -0.3 is 53.4 Å². The number of guanidine groups is 2. The molecule has 286 valence electrons. The van der Waals surface area contributed by atoms with Gasteiger partial charge in [-0.15, -0.1) is 0 Å². The molecule has 17 nitrogen and oxygen atoms in total. The minimum Gasteiger partial charge on any atom is -0.445 e. The zero-order valence-electron chi connectivity index (χ0n) is 28.6. The zero-order chi connectivity index (χ0) is 39.1. The van der Waals surface area contributed by atoms with Gasteiger partial charge in [0.05, 0.1) is 5.56 Å². The van der Waals surface area contributed by atoms with Crippen LogP contribution in [0.3, 0.4) is 0 Å². The monoisotopic (exact) mass is 746 g/mol. The largest absolute Gasteiger partial charge is 0.445 e. The van der Waals surface area contributed by atoms with Crippen molar-refractivity contribution in [3.63, 3.8) is 0 Å². The summed E-state index contributed by atoms with van der Waals surface area (Å²) in [5.41, 5.74) is 19.3. The lowest BCUT2D eigenvalue weighted by Gasteiger charge is -2.24. The van der Waals surface area contributed by atoms with Gasteiger partial charge in [0.2, 0.25) is 17.7 Å². The summed E-state index contributed by atoms with van der Waals surface area (Å²) in [6.45, 7) is 1.49. The SMILES string of the molecule is CC(NC(=O)OCc1ccccc1)C(=O)NC(CCCN=C(N)N)C(=O)NC(CCCN=C(N)N)C(=O)Nc1ccc2c(C(F)(F)F)cc(=O)oc2c1. The van der Waals surface area contributed by atoms with E-state index in [4.69, 9.17) is 32.1 Å². The molecule has 2 aromatic carbocycles. The molecule has 3 aromatic rings. The van der Waals surface area contributed by atoms with Crippen LogP contribution in [0.25, 0.3) is 11.0 Å².